The van der Waals surface area contributed by atoms with Gasteiger partial charge in [0.15, 0.2) is 0 Å². The van der Waals surface area contributed by atoms with Crippen LogP contribution in [0.4, 0.5) is 4.39 Å². The predicted octanol–water partition coefficient (Wildman–Crippen LogP) is 4.38. The van der Waals surface area contributed by atoms with E-state index in [1.807, 2.05) is 0 Å². The first-order valence-electron chi connectivity index (χ1n) is 9.46. The van der Waals surface area contributed by atoms with E-state index in [-0.39, 0.29) is 23.9 Å². The molecular weight excluding hydrogens is 395 g/mol. The van der Waals surface area contributed by atoms with Gasteiger partial charge in [-0.25, -0.2) is 14.4 Å². The number of nitrogens with zero attached hydrogens (tertiary/aromatic N) is 2. The van der Waals surface area contributed by atoms with Gasteiger partial charge in [-0.15, -0.1) is 0 Å². The molecule has 4 rings (SSSR count). The highest BCUT2D eigenvalue weighted by atomic mass is 35.5. The van der Waals surface area contributed by atoms with Crippen molar-refractivity contribution < 1.29 is 13.9 Å². The first-order valence-corrected chi connectivity index (χ1v) is 9.84. The van der Waals surface area contributed by atoms with Crippen LogP contribution in [-0.4, -0.2) is 33.0 Å². The summed E-state index contributed by atoms with van der Waals surface area (Å²) in [4.78, 5) is 23.6. The van der Waals surface area contributed by atoms with Crippen molar-refractivity contribution in [2.24, 2.45) is 0 Å². The predicted molar refractivity (Wildman–Crippen MR) is 107 cm³/mol. The molecule has 0 atom stereocenters. The molecule has 2 aromatic heterocycles. The maximum absolute atomic E-state index is 13.1. The first-order chi connectivity index (χ1) is 14.1. The highest BCUT2D eigenvalue weighted by Gasteiger charge is 2.25. The van der Waals surface area contributed by atoms with E-state index in [1.165, 1.54) is 24.5 Å². The molecule has 1 amide bonds. The number of rotatable bonds is 5. The van der Waals surface area contributed by atoms with Crippen molar-refractivity contribution in [3.63, 3.8) is 0 Å². The van der Waals surface area contributed by atoms with E-state index in [0.29, 0.717) is 16.7 Å². The molecule has 1 fully saturated rings. The van der Waals surface area contributed by atoms with Crippen molar-refractivity contribution in [3.05, 3.63) is 65.5 Å². The summed E-state index contributed by atoms with van der Waals surface area (Å²) in [6, 6.07) is 8.36. The van der Waals surface area contributed by atoms with Gasteiger partial charge in [0.2, 0.25) is 0 Å². The Morgan fingerprint density at radius 3 is 2.48 bits per heavy atom. The minimum absolute atomic E-state index is 0.0277. The number of benzene rings is 1. The lowest BCUT2D eigenvalue weighted by Gasteiger charge is -2.28. The fourth-order valence-electron chi connectivity index (χ4n) is 3.43. The van der Waals surface area contributed by atoms with E-state index in [9.17, 15) is 9.18 Å². The zero-order chi connectivity index (χ0) is 20.2. The number of aromatic nitrogens is 3. The maximum Gasteiger partial charge on any atom is 0.316 e. The Morgan fingerprint density at radius 1 is 1.10 bits per heavy atom. The van der Waals surface area contributed by atoms with E-state index in [2.05, 4.69) is 20.3 Å². The number of aromatic amines is 1. The molecule has 8 heteroatoms. The number of nitrogens with one attached hydrogen (secondary N) is 2. The summed E-state index contributed by atoms with van der Waals surface area (Å²) in [6.45, 7) is 0. The topological polar surface area (TPSA) is 79.9 Å². The van der Waals surface area contributed by atoms with Crippen molar-refractivity contribution in [2.75, 3.05) is 0 Å². The minimum atomic E-state index is -0.288. The number of hydrogen-bond donors (Lipinski definition) is 2. The third-order valence-corrected chi connectivity index (χ3v) is 5.18. The summed E-state index contributed by atoms with van der Waals surface area (Å²) in [5.41, 5.74) is 2.18. The summed E-state index contributed by atoms with van der Waals surface area (Å²) >= 11 is 5.78. The van der Waals surface area contributed by atoms with E-state index < -0.39 is 0 Å². The lowest BCUT2D eigenvalue weighted by molar-refractivity contribution is 0.0881. The van der Waals surface area contributed by atoms with Crippen molar-refractivity contribution in [1.29, 1.82) is 0 Å². The second-order valence-electron chi connectivity index (χ2n) is 7.06. The summed E-state index contributed by atoms with van der Waals surface area (Å²) in [6.07, 6.45) is 8.04. The number of H-pyrrole nitrogens is 1. The van der Waals surface area contributed by atoms with Crippen LogP contribution in [0, 0.1) is 5.82 Å². The summed E-state index contributed by atoms with van der Waals surface area (Å²) in [5, 5.41) is 3.53. The van der Waals surface area contributed by atoms with Gasteiger partial charge in [0.1, 0.15) is 17.6 Å². The van der Waals surface area contributed by atoms with Gasteiger partial charge in [0.25, 0.3) is 5.91 Å². The maximum atomic E-state index is 13.1. The molecule has 0 radical (unpaired) electrons. The van der Waals surface area contributed by atoms with Gasteiger partial charge in [-0.2, -0.15) is 0 Å². The van der Waals surface area contributed by atoms with Crippen LogP contribution in [0.25, 0.3) is 11.1 Å². The zero-order valence-electron chi connectivity index (χ0n) is 15.6. The molecule has 0 saturated heterocycles. The number of carbonyl (C=O) groups is 1. The first kappa shape index (κ1) is 19.4. The molecule has 1 aliphatic carbocycles. The molecule has 1 aromatic carbocycles. The Morgan fingerprint density at radius 2 is 1.79 bits per heavy atom. The molecule has 0 aliphatic heterocycles. The molecule has 2 N–H and O–H groups in total. The molecule has 150 valence electrons. The van der Waals surface area contributed by atoms with Crippen molar-refractivity contribution >= 4 is 17.5 Å². The Bertz CT molecular complexity index is 967. The molecule has 2 heterocycles. The van der Waals surface area contributed by atoms with Crippen LogP contribution in [0.3, 0.4) is 0 Å². The van der Waals surface area contributed by atoms with Crippen LogP contribution in [-0.2, 0) is 0 Å². The molecule has 0 spiro atoms. The number of hydrogen-bond acceptors (Lipinski definition) is 4. The van der Waals surface area contributed by atoms with E-state index in [1.54, 1.807) is 24.4 Å². The molecule has 0 unspecified atom stereocenters. The molecule has 0 bridgehead atoms. The summed E-state index contributed by atoms with van der Waals surface area (Å²) < 4.78 is 18.9. The van der Waals surface area contributed by atoms with Gasteiger partial charge < -0.3 is 15.0 Å². The van der Waals surface area contributed by atoms with Crippen molar-refractivity contribution in [2.45, 2.75) is 37.8 Å². The van der Waals surface area contributed by atoms with Crippen LogP contribution in [0.15, 0.2) is 48.9 Å². The molecule has 1 saturated carbocycles. The standard InChI is InChI=1S/C21H20ClFN4O2/c22-15-11-25-21(26-12-15)29-18-7-5-17(6-8-18)27-20(28)19-9-14(10-24-19)13-1-3-16(23)4-2-13/h1-4,9-12,17-18,24H,5-8H2,(H,27,28). The quantitative estimate of drug-likeness (QED) is 0.649. The molecule has 1 aliphatic rings. The summed E-state index contributed by atoms with van der Waals surface area (Å²) in [7, 11) is 0. The van der Waals surface area contributed by atoms with Gasteiger partial charge in [-0.3, -0.25) is 4.79 Å². The van der Waals surface area contributed by atoms with Crippen LogP contribution < -0.4 is 10.1 Å². The molecule has 3 aromatic rings. The largest absolute Gasteiger partial charge is 0.460 e. The average Bonchev–Trinajstić information content (AvgIpc) is 3.22. The third kappa shape index (κ3) is 4.92. The van der Waals surface area contributed by atoms with E-state index in [4.69, 9.17) is 16.3 Å². The number of halogens is 2. The Kier molecular flexibility index (Phi) is 5.76. The fourth-order valence-corrected chi connectivity index (χ4v) is 3.53. The van der Waals surface area contributed by atoms with Crippen molar-refractivity contribution in [3.8, 4) is 17.1 Å². The average molecular weight is 415 g/mol. The Balaban J connectivity index is 1.28. The van der Waals surface area contributed by atoms with Crippen LogP contribution in [0.2, 0.25) is 5.02 Å². The lowest BCUT2D eigenvalue weighted by atomic mass is 9.93. The van der Waals surface area contributed by atoms with Crippen LogP contribution in [0.5, 0.6) is 6.01 Å². The Hall–Kier alpha value is -2.93. The monoisotopic (exact) mass is 414 g/mol. The highest BCUT2D eigenvalue weighted by molar-refractivity contribution is 6.30. The third-order valence-electron chi connectivity index (χ3n) is 4.98. The van der Waals surface area contributed by atoms with Crippen molar-refractivity contribution in [1.82, 2.24) is 20.3 Å². The zero-order valence-corrected chi connectivity index (χ0v) is 16.3. The van der Waals surface area contributed by atoms with E-state index in [0.717, 1.165) is 36.8 Å². The number of ether oxygens (including phenoxy) is 1. The summed E-state index contributed by atoms with van der Waals surface area (Å²) in [5.74, 6) is -0.437. The molecule has 29 heavy (non-hydrogen) atoms. The highest BCUT2D eigenvalue weighted by Crippen LogP contribution is 2.24. The van der Waals surface area contributed by atoms with Gasteiger partial charge in [-0.05, 0) is 55.0 Å². The fraction of sp³-hybridized carbons (Fsp3) is 0.286. The van der Waals surface area contributed by atoms with Crippen LogP contribution in [0.1, 0.15) is 36.2 Å². The van der Waals surface area contributed by atoms with Crippen LogP contribution >= 0.6 is 11.6 Å². The van der Waals surface area contributed by atoms with Gasteiger partial charge in [0, 0.05) is 12.2 Å². The second kappa shape index (κ2) is 8.61. The van der Waals surface area contributed by atoms with Gasteiger partial charge in [-0.1, -0.05) is 23.7 Å². The number of amides is 1. The molecule has 6 nitrogen and oxygen atoms in total. The van der Waals surface area contributed by atoms with E-state index >= 15 is 0 Å². The smallest absolute Gasteiger partial charge is 0.316 e. The van der Waals surface area contributed by atoms with Gasteiger partial charge in [0.05, 0.1) is 17.4 Å². The minimum Gasteiger partial charge on any atom is -0.460 e. The SMILES string of the molecule is O=C(NC1CCC(Oc2ncc(Cl)cn2)CC1)c1cc(-c2ccc(F)cc2)c[nH]1. The number of carbonyl (C=O) groups excluding carboxylic acids is 1. The second-order valence-corrected chi connectivity index (χ2v) is 7.49. The normalized spacial score (nSPS) is 19.0. The Labute approximate surface area is 172 Å². The van der Waals surface area contributed by atoms with Gasteiger partial charge >= 0.3 is 6.01 Å². The molecular formula is C21H20ClFN4O2. The lowest BCUT2D eigenvalue weighted by Crippen LogP contribution is -2.39.